The molecule has 122 valence electrons. The van der Waals surface area contributed by atoms with Gasteiger partial charge in [0, 0.05) is 22.8 Å². The second kappa shape index (κ2) is 6.62. The first-order chi connectivity index (χ1) is 11.6. The summed E-state index contributed by atoms with van der Waals surface area (Å²) in [5.41, 5.74) is 5.83. The fourth-order valence-corrected chi connectivity index (χ4v) is 2.84. The van der Waals surface area contributed by atoms with E-state index in [2.05, 4.69) is 28.4 Å². The van der Waals surface area contributed by atoms with Crippen LogP contribution < -0.4 is 5.32 Å². The summed E-state index contributed by atoms with van der Waals surface area (Å²) in [7, 11) is 0. The third kappa shape index (κ3) is 3.18. The molecular formula is C20H21N3O. The summed E-state index contributed by atoms with van der Waals surface area (Å²) in [6.07, 6.45) is 6.42. The summed E-state index contributed by atoms with van der Waals surface area (Å²) in [5, 5.41) is 3.95. The van der Waals surface area contributed by atoms with Gasteiger partial charge in [-0.2, -0.15) is 0 Å². The van der Waals surface area contributed by atoms with Crippen molar-refractivity contribution in [1.29, 1.82) is 0 Å². The molecule has 0 fully saturated rings. The van der Waals surface area contributed by atoms with E-state index in [1.807, 2.05) is 49.5 Å². The highest BCUT2D eigenvalue weighted by molar-refractivity contribution is 5.99. The molecule has 4 nitrogen and oxygen atoms in total. The number of amides is 1. The first kappa shape index (κ1) is 15.9. The van der Waals surface area contributed by atoms with E-state index in [0.717, 1.165) is 39.7 Å². The van der Waals surface area contributed by atoms with E-state index >= 15 is 0 Å². The molecule has 1 amide bonds. The molecule has 4 heteroatoms. The van der Waals surface area contributed by atoms with Crippen LogP contribution in [0.5, 0.6) is 0 Å². The molecule has 1 aromatic carbocycles. The standard InChI is InChI=1S/C20H21N3O/c1-4-6-15-9-17(21-11-15)12-22-20(24)18-10-16-8-14(5-2)7-13(3)19(16)23-18/h4-5,7-11,21,23H,1-2,6,12H2,3H3,(H,22,24). The van der Waals surface area contributed by atoms with E-state index in [1.54, 1.807) is 0 Å². The summed E-state index contributed by atoms with van der Waals surface area (Å²) in [6, 6.07) is 7.99. The molecule has 2 aromatic heterocycles. The zero-order chi connectivity index (χ0) is 17.1. The number of rotatable bonds is 6. The van der Waals surface area contributed by atoms with Gasteiger partial charge in [-0.25, -0.2) is 0 Å². The Balaban J connectivity index is 1.74. The van der Waals surface area contributed by atoms with Crippen molar-refractivity contribution in [1.82, 2.24) is 15.3 Å². The van der Waals surface area contributed by atoms with E-state index in [1.165, 1.54) is 0 Å². The van der Waals surface area contributed by atoms with Crippen LogP contribution in [0.25, 0.3) is 17.0 Å². The smallest absolute Gasteiger partial charge is 0.268 e. The highest BCUT2D eigenvalue weighted by atomic mass is 16.1. The molecule has 0 aliphatic carbocycles. The Kier molecular flexibility index (Phi) is 4.38. The summed E-state index contributed by atoms with van der Waals surface area (Å²) in [6.45, 7) is 10.0. The van der Waals surface area contributed by atoms with Crippen LogP contribution in [0.4, 0.5) is 0 Å². The molecule has 0 saturated heterocycles. The minimum Gasteiger partial charge on any atom is -0.363 e. The Bertz CT molecular complexity index is 914. The lowest BCUT2D eigenvalue weighted by molar-refractivity contribution is 0.0946. The topological polar surface area (TPSA) is 60.7 Å². The molecule has 3 aromatic rings. The van der Waals surface area contributed by atoms with Gasteiger partial charge < -0.3 is 15.3 Å². The predicted octanol–water partition coefficient (Wildman–Crippen LogP) is 4.11. The van der Waals surface area contributed by atoms with Crippen molar-refractivity contribution in [3.8, 4) is 0 Å². The monoisotopic (exact) mass is 319 g/mol. The molecule has 0 aliphatic heterocycles. The van der Waals surface area contributed by atoms with Gasteiger partial charge in [0.15, 0.2) is 0 Å². The quantitative estimate of drug-likeness (QED) is 0.588. The first-order valence-corrected chi connectivity index (χ1v) is 7.91. The average molecular weight is 319 g/mol. The van der Waals surface area contributed by atoms with Crippen molar-refractivity contribution in [3.05, 3.63) is 77.8 Å². The van der Waals surface area contributed by atoms with Gasteiger partial charge in [-0.3, -0.25) is 4.79 Å². The third-order valence-electron chi connectivity index (χ3n) is 4.05. The van der Waals surface area contributed by atoms with Crippen LogP contribution in [0, 0.1) is 6.92 Å². The number of carbonyl (C=O) groups is 1. The normalized spacial score (nSPS) is 10.7. The second-order valence-corrected chi connectivity index (χ2v) is 5.90. The van der Waals surface area contributed by atoms with E-state index in [9.17, 15) is 4.79 Å². The Morgan fingerprint density at radius 3 is 2.83 bits per heavy atom. The number of carbonyl (C=O) groups excluding carboxylic acids is 1. The van der Waals surface area contributed by atoms with Crippen molar-refractivity contribution < 1.29 is 4.79 Å². The van der Waals surface area contributed by atoms with Gasteiger partial charge in [-0.1, -0.05) is 18.7 Å². The number of allylic oxidation sites excluding steroid dienone is 1. The molecule has 3 N–H and O–H groups in total. The number of aryl methyl sites for hydroxylation is 1. The van der Waals surface area contributed by atoms with E-state index in [0.29, 0.717) is 12.2 Å². The van der Waals surface area contributed by atoms with Gasteiger partial charge in [0.05, 0.1) is 6.54 Å². The van der Waals surface area contributed by atoms with Gasteiger partial charge in [0.25, 0.3) is 5.91 Å². The van der Waals surface area contributed by atoms with Crippen molar-refractivity contribution in [2.45, 2.75) is 19.9 Å². The van der Waals surface area contributed by atoms with Gasteiger partial charge in [0.1, 0.15) is 5.69 Å². The van der Waals surface area contributed by atoms with E-state index < -0.39 is 0 Å². The second-order valence-electron chi connectivity index (χ2n) is 5.90. The molecule has 2 heterocycles. The molecule has 0 saturated carbocycles. The maximum Gasteiger partial charge on any atom is 0.268 e. The molecule has 24 heavy (non-hydrogen) atoms. The number of aromatic amines is 2. The van der Waals surface area contributed by atoms with Crippen molar-refractivity contribution >= 4 is 22.9 Å². The number of hydrogen-bond acceptors (Lipinski definition) is 1. The Hall–Kier alpha value is -3.01. The summed E-state index contributed by atoms with van der Waals surface area (Å²) in [4.78, 5) is 18.8. The van der Waals surface area contributed by atoms with Crippen molar-refractivity contribution in [3.63, 3.8) is 0 Å². The lowest BCUT2D eigenvalue weighted by Gasteiger charge is -2.01. The Morgan fingerprint density at radius 1 is 1.25 bits per heavy atom. The van der Waals surface area contributed by atoms with Crippen LogP contribution in [0.3, 0.4) is 0 Å². The maximum atomic E-state index is 12.4. The molecule has 3 rings (SSSR count). The number of nitrogens with one attached hydrogen (secondary N) is 3. The van der Waals surface area contributed by atoms with Crippen LogP contribution in [0.1, 0.15) is 32.9 Å². The zero-order valence-corrected chi connectivity index (χ0v) is 13.8. The summed E-state index contributed by atoms with van der Waals surface area (Å²) < 4.78 is 0. The van der Waals surface area contributed by atoms with Crippen molar-refractivity contribution in [2.24, 2.45) is 0 Å². The number of H-pyrrole nitrogens is 2. The minimum atomic E-state index is -0.120. The van der Waals surface area contributed by atoms with Crippen LogP contribution >= 0.6 is 0 Å². The minimum absolute atomic E-state index is 0.120. The zero-order valence-electron chi connectivity index (χ0n) is 13.8. The van der Waals surface area contributed by atoms with Gasteiger partial charge in [0.2, 0.25) is 0 Å². The number of aromatic nitrogens is 2. The average Bonchev–Trinajstić information content (AvgIpc) is 3.20. The Labute approximate surface area is 141 Å². The van der Waals surface area contributed by atoms with Crippen LogP contribution in [-0.4, -0.2) is 15.9 Å². The van der Waals surface area contributed by atoms with E-state index in [-0.39, 0.29) is 5.91 Å². The predicted molar refractivity (Wildman–Crippen MR) is 99.0 cm³/mol. The molecule has 0 spiro atoms. The lowest BCUT2D eigenvalue weighted by atomic mass is 10.1. The van der Waals surface area contributed by atoms with Gasteiger partial charge in [-0.05, 0) is 54.3 Å². The molecule has 0 atom stereocenters. The Morgan fingerprint density at radius 2 is 2.08 bits per heavy atom. The fourth-order valence-electron chi connectivity index (χ4n) is 2.84. The highest BCUT2D eigenvalue weighted by Gasteiger charge is 2.11. The molecule has 0 aliphatic rings. The first-order valence-electron chi connectivity index (χ1n) is 7.91. The van der Waals surface area contributed by atoms with Crippen LogP contribution in [-0.2, 0) is 13.0 Å². The van der Waals surface area contributed by atoms with Crippen LogP contribution in [0.15, 0.2) is 49.7 Å². The largest absolute Gasteiger partial charge is 0.363 e. The summed E-state index contributed by atoms with van der Waals surface area (Å²) >= 11 is 0. The molecule has 0 bridgehead atoms. The maximum absolute atomic E-state index is 12.4. The summed E-state index contributed by atoms with van der Waals surface area (Å²) in [5.74, 6) is -0.120. The third-order valence-corrected chi connectivity index (χ3v) is 4.05. The number of benzene rings is 1. The van der Waals surface area contributed by atoms with E-state index in [4.69, 9.17) is 0 Å². The number of fused-ring (bicyclic) bond motifs is 1. The SMILES string of the molecule is C=CCc1c[nH]c(CNC(=O)c2cc3cc(C=C)cc(C)c3[nH]2)c1. The van der Waals surface area contributed by atoms with Crippen LogP contribution in [0.2, 0.25) is 0 Å². The lowest BCUT2D eigenvalue weighted by Crippen LogP contribution is -2.23. The molecule has 0 unspecified atom stereocenters. The number of hydrogen-bond donors (Lipinski definition) is 3. The molecular weight excluding hydrogens is 298 g/mol. The fraction of sp³-hybridized carbons (Fsp3) is 0.150. The molecule has 0 radical (unpaired) electrons. The van der Waals surface area contributed by atoms with Gasteiger partial charge >= 0.3 is 0 Å². The van der Waals surface area contributed by atoms with Crippen molar-refractivity contribution in [2.75, 3.05) is 0 Å². The highest BCUT2D eigenvalue weighted by Crippen LogP contribution is 2.22. The van der Waals surface area contributed by atoms with Gasteiger partial charge in [-0.15, -0.1) is 6.58 Å².